The normalized spacial score (nSPS) is 14.8. The minimum absolute atomic E-state index is 0.139. The van der Waals surface area contributed by atoms with Crippen LogP contribution in [-0.2, 0) is 4.74 Å². The molecule has 1 fully saturated rings. The highest BCUT2D eigenvalue weighted by molar-refractivity contribution is 6.38. The first-order valence-electron chi connectivity index (χ1n) is 12.1. The van der Waals surface area contributed by atoms with E-state index in [1.807, 2.05) is 20.8 Å². The van der Waals surface area contributed by atoms with Crippen molar-refractivity contribution in [3.05, 3.63) is 75.8 Å². The molecular weight excluding hydrogens is 491 g/mol. The number of aromatic amines is 1. The van der Waals surface area contributed by atoms with Gasteiger partial charge in [-0.05, 0) is 74.7 Å². The van der Waals surface area contributed by atoms with Gasteiger partial charge < -0.3 is 25.4 Å². The quantitative estimate of drug-likeness (QED) is 0.309. The van der Waals surface area contributed by atoms with E-state index >= 15 is 0 Å². The first kappa shape index (κ1) is 26.5. The number of carbonyl (C=O) groups is 2. The average molecular weight is 521 g/mol. The molecule has 1 aromatic heterocycles. The predicted octanol–water partition coefficient (Wildman–Crippen LogP) is 3.43. The molecule has 0 radical (unpaired) electrons. The molecule has 2 heterocycles. The summed E-state index contributed by atoms with van der Waals surface area (Å²) >= 11 is 0. The van der Waals surface area contributed by atoms with Crippen molar-refractivity contribution < 1.29 is 18.7 Å². The van der Waals surface area contributed by atoms with E-state index < -0.39 is 17.0 Å². The van der Waals surface area contributed by atoms with Crippen molar-refractivity contribution in [1.29, 1.82) is 0 Å². The second kappa shape index (κ2) is 10.8. The largest absolute Gasteiger partial charge is 0.444 e. The standard InChI is InChI=1S/C27H29FN6O4/c1-27(2,3)38-26(37)34-12-10-33(11-13-34)25(36)17-5-8-20(9-6-17)30-16-23(32-29)21-14-18-4-7-19(28)15-22(18)31-24(21)35/h4-9,14-16H,10-13,29H2,1-3H3,(H,31,35). The molecule has 1 aliphatic heterocycles. The number of nitrogens with one attached hydrogen (secondary N) is 1. The van der Waals surface area contributed by atoms with Gasteiger partial charge in [-0.2, -0.15) is 5.10 Å². The Kier molecular flexibility index (Phi) is 7.56. The van der Waals surface area contributed by atoms with E-state index in [-0.39, 0.29) is 23.3 Å². The number of aromatic nitrogens is 1. The fourth-order valence-corrected chi connectivity index (χ4v) is 3.96. The van der Waals surface area contributed by atoms with Gasteiger partial charge in [-0.1, -0.05) is 0 Å². The van der Waals surface area contributed by atoms with Crippen molar-refractivity contribution in [2.75, 3.05) is 26.2 Å². The van der Waals surface area contributed by atoms with Gasteiger partial charge in [-0.15, -0.1) is 0 Å². The van der Waals surface area contributed by atoms with Crippen LogP contribution in [0.4, 0.5) is 14.9 Å². The van der Waals surface area contributed by atoms with E-state index in [9.17, 15) is 18.8 Å². The number of halogens is 1. The summed E-state index contributed by atoms with van der Waals surface area (Å²) in [5, 5.41) is 4.30. The molecule has 198 valence electrons. The van der Waals surface area contributed by atoms with Crippen LogP contribution in [0.1, 0.15) is 36.7 Å². The minimum Gasteiger partial charge on any atom is -0.444 e. The SMILES string of the molecule is CC(C)(C)OC(=O)N1CCN(C(=O)c2ccc(N=CC(=NN)c3cc4ccc(F)cc4[nH]c3=O)cc2)CC1. The highest BCUT2D eigenvalue weighted by Crippen LogP contribution is 2.17. The van der Waals surface area contributed by atoms with E-state index in [4.69, 9.17) is 10.6 Å². The monoisotopic (exact) mass is 520 g/mol. The lowest BCUT2D eigenvalue weighted by Gasteiger charge is -2.35. The number of hydrogen-bond donors (Lipinski definition) is 2. The number of H-pyrrole nitrogens is 1. The molecule has 10 nitrogen and oxygen atoms in total. The van der Waals surface area contributed by atoms with E-state index in [0.717, 1.165) is 0 Å². The molecule has 4 rings (SSSR count). The number of pyridine rings is 1. The van der Waals surface area contributed by atoms with Crippen molar-refractivity contribution in [3.63, 3.8) is 0 Å². The lowest BCUT2D eigenvalue weighted by Crippen LogP contribution is -2.51. The van der Waals surface area contributed by atoms with Crippen LogP contribution in [0.3, 0.4) is 0 Å². The minimum atomic E-state index is -0.572. The summed E-state index contributed by atoms with van der Waals surface area (Å²) in [6, 6.07) is 12.3. The summed E-state index contributed by atoms with van der Waals surface area (Å²) in [6.45, 7) is 7.04. The second-order valence-electron chi connectivity index (χ2n) is 9.82. The van der Waals surface area contributed by atoms with Gasteiger partial charge in [0.2, 0.25) is 0 Å². The number of hydrogen-bond acceptors (Lipinski definition) is 7. The molecule has 3 aromatic rings. The number of ether oxygens (including phenoxy) is 1. The van der Waals surface area contributed by atoms with Crippen molar-refractivity contribution in [2.45, 2.75) is 26.4 Å². The van der Waals surface area contributed by atoms with Crippen LogP contribution in [0.25, 0.3) is 10.9 Å². The Bertz CT molecular complexity index is 1470. The Hall–Kier alpha value is -4.54. The summed E-state index contributed by atoms with van der Waals surface area (Å²) in [5.41, 5.74) is 0.646. The second-order valence-corrected chi connectivity index (χ2v) is 9.82. The molecule has 0 bridgehead atoms. The van der Waals surface area contributed by atoms with Crippen molar-refractivity contribution in [1.82, 2.24) is 14.8 Å². The fraction of sp³-hybridized carbons (Fsp3) is 0.296. The van der Waals surface area contributed by atoms with E-state index in [1.165, 1.54) is 18.3 Å². The Morgan fingerprint density at radius 2 is 1.68 bits per heavy atom. The zero-order chi connectivity index (χ0) is 27.4. The average Bonchev–Trinajstić information content (AvgIpc) is 2.88. The first-order valence-corrected chi connectivity index (χ1v) is 12.1. The van der Waals surface area contributed by atoms with E-state index in [0.29, 0.717) is 48.3 Å². The van der Waals surface area contributed by atoms with Crippen molar-refractivity contribution in [2.24, 2.45) is 15.9 Å². The van der Waals surface area contributed by atoms with Crippen LogP contribution in [-0.4, -0.2) is 70.5 Å². The molecule has 2 amide bonds. The lowest BCUT2D eigenvalue weighted by atomic mass is 10.1. The summed E-state index contributed by atoms with van der Waals surface area (Å²) < 4.78 is 18.8. The maximum atomic E-state index is 13.5. The van der Waals surface area contributed by atoms with E-state index in [1.54, 1.807) is 46.2 Å². The van der Waals surface area contributed by atoms with Crippen LogP contribution in [0.15, 0.2) is 63.4 Å². The van der Waals surface area contributed by atoms with Gasteiger partial charge in [-0.3, -0.25) is 14.6 Å². The molecule has 2 aromatic carbocycles. The van der Waals surface area contributed by atoms with Gasteiger partial charge >= 0.3 is 6.09 Å². The predicted molar refractivity (Wildman–Crippen MR) is 144 cm³/mol. The number of hydrazone groups is 1. The molecule has 11 heteroatoms. The molecule has 38 heavy (non-hydrogen) atoms. The first-order chi connectivity index (χ1) is 18.0. The molecule has 0 saturated carbocycles. The molecular formula is C27H29FN6O4. The van der Waals surface area contributed by atoms with Gasteiger partial charge in [-0.25, -0.2) is 9.18 Å². The number of fused-ring (bicyclic) bond motifs is 1. The number of piperazine rings is 1. The van der Waals surface area contributed by atoms with Crippen LogP contribution >= 0.6 is 0 Å². The maximum Gasteiger partial charge on any atom is 0.410 e. The summed E-state index contributed by atoms with van der Waals surface area (Å²) in [5.74, 6) is 4.91. The third kappa shape index (κ3) is 6.23. The van der Waals surface area contributed by atoms with Crippen LogP contribution in [0, 0.1) is 5.82 Å². The summed E-state index contributed by atoms with van der Waals surface area (Å²) in [6.07, 6.45) is 0.971. The number of nitrogens with two attached hydrogens (primary N) is 1. The Morgan fingerprint density at radius 3 is 2.32 bits per heavy atom. The smallest absolute Gasteiger partial charge is 0.410 e. The Labute approximate surface area is 218 Å². The number of nitrogens with zero attached hydrogens (tertiary/aromatic N) is 4. The van der Waals surface area contributed by atoms with Gasteiger partial charge in [0.1, 0.15) is 17.1 Å². The molecule has 0 unspecified atom stereocenters. The number of aliphatic imine (C=N–C) groups is 1. The van der Waals surface area contributed by atoms with Gasteiger partial charge in [0.05, 0.1) is 23.0 Å². The number of carbonyl (C=O) groups excluding carboxylic acids is 2. The van der Waals surface area contributed by atoms with Crippen molar-refractivity contribution >= 4 is 40.5 Å². The van der Waals surface area contributed by atoms with E-state index in [2.05, 4.69) is 15.1 Å². The highest BCUT2D eigenvalue weighted by atomic mass is 19.1. The number of benzene rings is 2. The molecule has 0 aliphatic carbocycles. The third-order valence-corrected chi connectivity index (χ3v) is 5.89. The number of rotatable bonds is 4. The van der Waals surface area contributed by atoms with Gasteiger partial charge in [0.15, 0.2) is 0 Å². The van der Waals surface area contributed by atoms with Crippen molar-refractivity contribution in [3.8, 4) is 0 Å². The summed E-state index contributed by atoms with van der Waals surface area (Å²) in [4.78, 5) is 47.9. The van der Waals surface area contributed by atoms with Gasteiger partial charge in [0.25, 0.3) is 11.5 Å². The molecule has 0 atom stereocenters. The van der Waals surface area contributed by atoms with Crippen LogP contribution < -0.4 is 11.4 Å². The Morgan fingerprint density at radius 1 is 1.03 bits per heavy atom. The molecule has 3 N–H and O–H groups in total. The maximum absolute atomic E-state index is 13.5. The molecule has 1 saturated heterocycles. The van der Waals surface area contributed by atoms with Crippen LogP contribution in [0.2, 0.25) is 0 Å². The molecule has 1 aliphatic rings. The Balaban J connectivity index is 1.40. The number of amides is 2. The lowest BCUT2D eigenvalue weighted by molar-refractivity contribution is 0.0141. The zero-order valence-electron chi connectivity index (χ0n) is 21.4. The zero-order valence-corrected chi connectivity index (χ0v) is 21.4. The molecule has 0 spiro atoms. The van der Waals surface area contributed by atoms with Gasteiger partial charge in [0, 0.05) is 31.7 Å². The third-order valence-electron chi connectivity index (χ3n) is 5.89. The summed E-state index contributed by atoms with van der Waals surface area (Å²) in [7, 11) is 0. The topological polar surface area (TPSA) is 133 Å². The fourth-order valence-electron chi connectivity index (χ4n) is 3.96. The highest BCUT2D eigenvalue weighted by Gasteiger charge is 2.28. The van der Waals surface area contributed by atoms with Crippen LogP contribution in [0.5, 0.6) is 0 Å².